The Morgan fingerprint density at radius 1 is 1.48 bits per heavy atom. The minimum absolute atomic E-state index is 0.0870. The molecule has 1 amide bonds. The van der Waals surface area contributed by atoms with Crippen LogP contribution in [0.25, 0.3) is 11.3 Å². The van der Waals surface area contributed by atoms with Crippen molar-refractivity contribution in [2.45, 2.75) is 26.4 Å². The van der Waals surface area contributed by atoms with Crippen molar-refractivity contribution in [3.05, 3.63) is 36.3 Å². The highest BCUT2D eigenvalue weighted by molar-refractivity contribution is 5.81. The van der Waals surface area contributed by atoms with Crippen molar-refractivity contribution in [3.8, 4) is 11.3 Å². The van der Waals surface area contributed by atoms with Gasteiger partial charge < -0.3 is 10.2 Å². The van der Waals surface area contributed by atoms with Crippen molar-refractivity contribution in [1.29, 1.82) is 0 Å². The molecule has 112 valence electrons. The van der Waals surface area contributed by atoms with Gasteiger partial charge in [0.1, 0.15) is 0 Å². The van der Waals surface area contributed by atoms with Crippen molar-refractivity contribution < 1.29 is 4.79 Å². The first-order valence-electron chi connectivity index (χ1n) is 7.04. The maximum atomic E-state index is 12.0. The van der Waals surface area contributed by atoms with E-state index in [1.165, 1.54) is 0 Å². The molecule has 1 atom stereocenters. The second kappa shape index (κ2) is 6.99. The zero-order valence-electron chi connectivity index (χ0n) is 12.6. The number of hydrogen-bond donors (Lipinski definition) is 2. The van der Waals surface area contributed by atoms with E-state index >= 15 is 0 Å². The number of hydrogen-bond acceptors (Lipinski definition) is 4. The maximum absolute atomic E-state index is 12.0. The molecule has 0 aromatic carbocycles. The summed E-state index contributed by atoms with van der Waals surface area (Å²) in [7, 11) is 1.80. The number of pyridine rings is 1. The van der Waals surface area contributed by atoms with E-state index in [9.17, 15) is 4.79 Å². The highest BCUT2D eigenvalue weighted by Gasteiger charge is 2.16. The van der Waals surface area contributed by atoms with Crippen LogP contribution in [0.15, 0.2) is 30.7 Å². The molecule has 0 aliphatic rings. The van der Waals surface area contributed by atoms with E-state index in [0.717, 1.165) is 16.8 Å². The van der Waals surface area contributed by atoms with E-state index in [1.54, 1.807) is 30.5 Å². The summed E-state index contributed by atoms with van der Waals surface area (Å²) in [6, 6.07) is 3.63. The second-order valence-corrected chi connectivity index (χ2v) is 4.97. The van der Waals surface area contributed by atoms with Crippen molar-refractivity contribution in [1.82, 2.24) is 25.4 Å². The van der Waals surface area contributed by atoms with Gasteiger partial charge in [-0.25, -0.2) is 0 Å². The summed E-state index contributed by atoms with van der Waals surface area (Å²) in [6.07, 6.45) is 5.30. The molecule has 0 fully saturated rings. The Morgan fingerprint density at radius 3 is 2.95 bits per heavy atom. The fourth-order valence-corrected chi connectivity index (χ4v) is 2.04. The minimum atomic E-state index is -0.230. The molecule has 2 rings (SSSR count). The summed E-state index contributed by atoms with van der Waals surface area (Å²) in [5.41, 5.74) is 2.93. The Kier molecular flexibility index (Phi) is 5.05. The fraction of sp³-hybridized carbons (Fsp3) is 0.400. The van der Waals surface area contributed by atoms with Gasteiger partial charge in [-0.15, -0.1) is 0 Å². The van der Waals surface area contributed by atoms with E-state index < -0.39 is 0 Å². The highest BCUT2D eigenvalue weighted by Crippen LogP contribution is 2.19. The van der Waals surface area contributed by atoms with Crippen molar-refractivity contribution >= 4 is 5.91 Å². The number of aromatic amines is 1. The van der Waals surface area contributed by atoms with E-state index in [4.69, 9.17) is 0 Å². The number of carbonyl (C=O) groups is 1. The SMILES string of the molecule is CCN(C)C(=O)C(C)NCc1cn[nH]c1-c1cccnc1. The van der Waals surface area contributed by atoms with Crippen LogP contribution in [0.1, 0.15) is 19.4 Å². The second-order valence-electron chi connectivity index (χ2n) is 4.97. The van der Waals surface area contributed by atoms with Crippen LogP contribution in [0, 0.1) is 0 Å². The standard InChI is InChI=1S/C15H21N5O/c1-4-20(3)15(21)11(2)17-9-13-10-18-19-14(13)12-6-5-7-16-8-12/h5-8,10-11,17H,4,9H2,1-3H3,(H,18,19). The van der Waals surface area contributed by atoms with Gasteiger partial charge in [0, 0.05) is 43.7 Å². The van der Waals surface area contributed by atoms with Crippen LogP contribution in [0.5, 0.6) is 0 Å². The van der Waals surface area contributed by atoms with Crippen molar-refractivity contribution in [3.63, 3.8) is 0 Å². The summed E-state index contributed by atoms with van der Waals surface area (Å²) < 4.78 is 0. The normalized spacial score (nSPS) is 12.1. The first-order valence-corrected chi connectivity index (χ1v) is 7.04. The van der Waals surface area contributed by atoms with E-state index in [-0.39, 0.29) is 11.9 Å². The predicted octanol–water partition coefficient (Wildman–Crippen LogP) is 1.43. The lowest BCUT2D eigenvalue weighted by molar-refractivity contribution is -0.131. The largest absolute Gasteiger partial charge is 0.345 e. The van der Waals surface area contributed by atoms with E-state index in [1.807, 2.05) is 26.0 Å². The molecule has 2 aromatic rings. The monoisotopic (exact) mass is 287 g/mol. The lowest BCUT2D eigenvalue weighted by Crippen LogP contribution is -2.42. The van der Waals surface area contributed by atoms with Crippen LogP contribution in [-0.4, -0.2) is 45.6 Å². The summed E-state index contributed by atoms with van der Waals surface area (Å²) in [4.78, 5) is 17.8. The summed E-state index contributed by atoms with van der Waals surface area (Å²) in [5, 5.41) is 10.3. The Bertz CT molecular complexity index is 581. The molecule has 2 aromatic heterocycles. The highest BCUT2D eigenvalue weighted by atomic mass is 16.2. The Morgan fingerprint density at radius 2 is 2.29 bits per heavy atom. The molecule has 21 heavy (non-hydrogen) atoms. The van der Waals surface area contributed by atoms with Crippen LogP contribution < -0.4 is 5.32 Å². The van der Waals surface area contributed by atoms with Gasteiger partial charge in [0.2, 0.25) is 5.91 Å². The topological polar surface area (TPSA) is 73.9 Å². The first-order chi connectivity index (χ1) is 10.1. The average molecular weight is 287 g/mol. The van der Waals surface area contributed by atoms with Crippen LogP contribution in [-0.2, 0) is 11.3 Å². The molecule has 0 spiro atoms. The lowest BCUT2D eigenvalue weighted by Gasteiger charge is -2.20. The Labute approximate surface area is 124 Å². The van der Waals surface area contributed by atoms with Crippen LogP contribution in [0.4, 0.5) is 0 Å². The zero-order valence-corrected chi connectivity index (χ0v) is 12.6. The smallest absolute Gasteiger partial charge is 0.239 e. The number of carbonyl (C=O) groups excluding carboxylic acids is 1. The van der Waals surface area contributed by atoms with E-state index in [2.05, 4.69) is 20.5 Å². The van der Waals surface area contributed by atoms with Gasteiger partial charge in [-0.05, 0) is 26.0 Å². The van der Waals surface area contributed by atoms with Crippen molar-refractivity contribution in [2.24, 2.45) is 0 Å². The summed E-state index contributed by atoms with van der Waals surface area (Å²) >= 11 is 0. The van der Waals surface area contributed by atoms with Gasteiger partial charge in [-0.2, -0.15) is 5.10 Å². The molecule has 6 nitrogen and oxygen atoms in total. The van der Waals surface area contributed by atoms with Crippen LogP contribution in [0.2, 0.25) is 0 Å². The third kappa shape index (κ3) is 3.66. The molecule has 0 bridgehead atoms. The Balaban J connectivity index is 2.02. The van der Waals surface area contributed by atoms with Gasteiger partial charge in [-0.1, -0.05) is 0 Å². The third-order valence-corrected chi connectivity index (χ3v) is 3.49. The summed E-state index contributed by atoms with van der Waals surface area (Å²) in [6.45, 7) is 5.11. The molecule has 2 N–H and O–H groups in total. The molecule has 2 heterocycles. The molecule has 0 radical (unpaired) electrons. The maximum Gasteiger partial charge on any atom is 0.239 e. The molecular formula is C15H21N5O. The zero-order chi connectivity index (χ0) is 15.2. The summed E-state index contributed by atoms with van der Waals surface area (Å²) in [5.74, 6) is 0.0870. The number of amides is 1. The van der Waals surface area contributed by atoms with Gasteiger partial charge >= 0.3 is 0 Å². The average Bonchev–Trinajstić information content (AvgIpc) is 3.00. The Hall–Kier alpha value is -2.21. The van der Waals surface area contributed by atoms with Gasteiger partial charge in [-0.3, -0.25) is 14.9 Å². The van der Waals surface area contributed by atoms with Crippen molar-refractivity contribution in [2.75, 3.05) is 13.6 Å². The number of nitrogens with zero attached hydrogens (tertiary/aromatic N) is 3. The third-order valence-electron chi connectivity index (χ3n) is 3.49. The first kappa shape index (κ1) is 15.2. The molecule has 0 saturated heterocycles. The number of H-pyrrole nitrogens is 1. The number of rotatable bonds is 6. The predicted molar refractivity (Wildman–Crippen MR) is 81.4 cm³/mol. The van der Waals surface area contributed by atoms with Crippen LogP contribution in [0.3, 0.4) is 0 Å². The number of likely N-dealkylation sites (N-methyl/N-ethyl adjacent to an activating group) is 1. The molecular weight excluding hydrogens is 266 g/mol. The van der Waals surface area contributed by atoms with Gasteiger partial charge in [0.25, 0.3) is 0 Å². The number of aromatic nitrogens is 3. The minimum Gasteiger partial charge on any atom is -0.345 e. The molecule has 1 unspecified atom stereocenters. The van der Waals surface area contributed by atoms with Crippen LogP contribution >= 0.6 is 0 Å². The molecule has 0 saturated carbocycles. The van der Waals surface area contributed by atoms with Gasteiger partial charge in [0.05, 0.1) is 17.9 Å². The molecule has 0 aliphatic heterocycles. The molecule has 6 heteroatoms. The fourth-order valence-electron chi connectivity index (χ4n) is 2.04. The number of nitrogens with one attached hydrogen (secondary N) is 2. The van der Waals surface area contributed by atoms with E-state index in [0.29, 0.717) is 13.1 Å². The quantitative estimate of drug-likeness (QED) is 0.843. The van der Waals surface area contributed by atoms with Gasteiger partial charge in [0.15, 0.2) is 0 Å². The lowest BCUT2D eigenvalue weighted by atomic mass is 10.1. The molecule has 0 aliphatic carbocycles.